The Morgan fingerprint density at radius 2 is 1.97 bits per heavy atom. The van der Waals surface area contributed by atoms with Crippen molar-refractivity contribution in [2.75, 3.05) is 18.0 Å². The predicted octanol–water partition coefficient (Wildman–Crippen LogP) is 3.68. The molecule has 3 aromatic rings. The molecule has 0 spiro atoms. The van der Waals surface area contributed by atoms with Gasteiger partial charge in [0, 0.05) is 37.2 Å². The molecule has 1 aliphatic heterocycles. The molecular formula is C17H16Cl3N7O2. The van der Waals surface area contributed by atoms with Crippen LogP contribution >= 0.6 is 34.8 Å². The van der Waals surface area contributed by atoms with Gasteiger partial charge >= 0.3 is 5.97 Å². The molecular weight excluding hydrogens is 441 g/mol. The molecule has 0 amide bonds. The fourth-order valence-electron chi connectivity index (χ4n) is 3.19. The molecule has 1 aliphatic rings. The predicted molar refractivity (Wildman–Crippen MR) is 109 cm³/mol. The minimum atomic E-state index is -0.510. The zero-order chi connectivity index (χ0) is 20.5. The first kappa shape index (κ1) is 19.9. The topological polar surface area (TPSA) is 113 Å². The van der Waals surface area contributed by atoms with Gasteiger partial charge in [0.25, 0.3) is 0 Å². The summed E-state index contributed by atoms with van der Waals surface area (Å²) >= 11 is 18.3. The molecule has 0 aliphatic carbocycles. The zero-order valence-electron chi connectivity index (χ0n) is 15.2. The fraction of sp³-hybridized carbons (Fsp3) is 0.353. The number of nitrogens with one attached hydrogen (secondary N) is 2. The van der Waals surface area contributed by atoms with Crippen LogP contribution in [0.25, 0.3) is 11.4 Å². The summed E-state index contributed by atoms with van der Waals surface area (Å²) in [5, 5.41) is 14.6. The number of aryl methyl sites for hydroxylation is 1. The molecule has 0 unspecified atom stereocenters. The van der Waals surface area contributed by atoms with E-state index < -0.39 is 5.97 Å². The van der Waals surface area contributed by atoms with Gasteiger partial charge in [0.2, 0.25) is 0 Å². The smallest absolute Gasteiger partial charge is 0.356 e. The summed E-state index contributed by atoms with van der Waals surface area (Å²) in [7, 11) is 0. The summed E-state index contributed by atoms with van der Waals surface area (Å²) < 4.78 is 5.60. The molecule has 0 radical (unpaired) electrons. The van der Waals surface area contributed by atoms with Crippen molar-refractivity contribution < 1.29 is 9.53 Å². The number of esters is 1. The van der Waals surface area contributed by atoms with Crippen LogP contribution < -0.4 is 4.90 Å². The van der Waals surface area contributed by atoms with E-state index in [1.807, 2.05) is 6.07 Å². The maximum atomic E-state index is 12.4. The van der Waals surface area contributed by atoms with Crippen molar-refractivity contribution in [2.24, 2.45) is 0 Å². The first-order chi connectivity index (χ1) is 13.9. The van der Waals surface area contributed by atoms with Crippen LogP contribution in [0, 0.1) is 6.92 Å². The maximum Gasteiger partial charge on any atom is 0.356 e. The largest absolute Gasteiger partial charge is 0.458 e. The third-order valence-electron chi connectivity index (χ3n) is 4.70. The number of hydrogen-bond acceptors (Lipinski definition) is 7. The van der Waals surface area contributed by atoms with Gasteiger partial charge in [-0.1, -0.05) is 34.8 Å². The normalized spacial score (nSPS) is 15.0. The SMILES string of the molecule is Cc1[nH]c(C(=O)OC2CCN(c3cc(-c4nnn[nH]4)cc(Cl)n3)CC2)c(Cl)c1Cl. The van der Waals surface area contributed by atoms with Crippen LogP contribution in [0.5, 0.6) is 0 Å². The second-order valence-corrected chi connectivity index (χ2v) is 7.77. The van der Waals surface area contributed by atoms with Gasteiger partial charge in [-0.15, -0.1) is 5.10 Å². The van der Waals surface area contributed by atoms with Crippen molar-refractivity contribution >= 4 is 46.6 Å². The lowest BCUT2D eigenvalue weighted by Crippen LogP contribution is -2.38. The van der Waals surface area contributed by atoms with Gasteiger partial charge in [0.1, 0.15) is 22.8 Å². The number of aromatic nitrogens is 6. The Hall–Kier alpha value is -2.36. The van der Waals surface area contributed by atoms with Crippen LogP contribution in [0.4, 0.5) is 5.82 Å². The number of anilines is 1. The summed E-state index contributed by atoms with van der Waals surface area (Å²) in [6, 6.07) is 3.55. The monoisotopic (exact) mass is 455 g/mol. The van der Waals surface area contributed by atoms with Crippen molar-refractivity contribution in [1.82, 2.24) is 30.6 Å². The third-order valence-corrected chi connectivity index (χ3v) is 5.84. The summed E-state index contributed by atoms with van der Waals surface area (Å²) in [4.78, 5) is 21.7. The number of nitrogens with zero attached hydrogens (tertiary/aromatic N) is 5. The van der Waals surface area contributed by atoms with E-state index in [1.54, 1.807) is 13.0 Å². The van der Waals surface area contributed by atoms with Crippen LogP contribution in [0.1, 0.15) is 29.0 Å². The van der Waals surface area contributed by atoms with Gasteiger partial charge in [0.15, 0.2) is 5.82 Å². The Morgan fingerprint density at radius 3 is 2.59 bits per heavy atom. The Morgan fingerprint density at radius 1 is 1.21 bits per heavy atom. The number of piperidine rings is 1. The molecule has 0 aromatic carbocycles. The second-order valence-electron chi connectivity index (χ2n) is 6.63. The van der Waals surface area contributed by atoms with E-state index in [0.29, 0.717) is 53.4 Å². The van der Waals surface area contributed by atoms with Gasteiger partial charge in [0.05, 0.1) is 10.0 Å². The van der Waals surface area contributed by atoms with E-state index in [2.05, 4.69) is 35.5 Å². The Balaban J connectivity index is 1.41. The second kappa shape index (κ2) is 8.17. The highest BCUT2D eigenvalue weighted by Crippen LogP contribution is 2.31. The Labute approximate surface area is 180 Å². The van der Waals surface area contributed by atoms with E-state index in [0.717, 1.165) is 5.56 Å². The number of ether oxygens (including phenoxy) is 1. The van der Waals surface area contributed by atoms with Crippen molar-refractivity contribution in [2.45, 2.75) is 25.9 Å². The van der Waals surface area contributed by atoms with Crippen molar-refractivity contribution in [3.05, 3.63) is 38.7 Å². The number of carbonyl (C=O) groups is 1. The van der Waals surface area contributed by atoms with Gasteiger partial charge in [-0.2, -0.15) is 0 Å². The highest BCUT2D eigenvalue weighted by molar-refractivity contribution is 6.44. The Bertz CT molecular complexity index is 1030. The van der Waals surface area contributed by atoms with E-state index in [4.69, 9.17) is 39.5 Å². The lowest BCUT2D eigenvalue weighted by molar-refractivity contribution is 0.0239. The lowest BCUT2D eigenvalue weighted by Gasteiger charge is -2.32. The number of hydrogen-bond donors (Lipinski definition) is 2. The molecule has 152 valence electrons. The summed E-state index contributed by atoms with van der Waals surface area (Å²) in [6.07, 6.45) is 1.06. The van der Waals surface area contributed by atoms with Crippen LogP contribution in [0.3, 0.4) is 0 Å². The number of tetrazole rings is 1. The van der Waals surface area contributed by atoms with E-state index >= 15 is 0 Å². The van der Waals surface area contributed by atoms with Gasteiger partial charge in [-0.25, -0.2) is 14.9 Å². The molecule has 1 fully saturated rings. The van der Waals surface area contributed by atoms with Crippen molar-refractivity contribution in [3.63, 3.8) is 0 Å². The first-order valence-electron chi connectivity index (χ1n) is 8.83. The van der Waals surface area contributed by atoms with Crippen molar-refractivity contribution in [3.8, 4) is 11.4 Å². The standard InChI is InChI=1S/C17H16Cl3N7O2/c1-8-13(19)14(20)15(21-8)17(28)29-10-2-4-27(5-3-10)12-7-9(6-11(18)22-12)16-23-25-26-24-16/h6-7,10,21H,2-5H2,1H3,(H,23,24,25,26). The maximum absolute atomic E-state index is 12.4. The highest BCUT2D eigenvalue weighted by Gasteiger charge is 2.27. The number of pyridine rings is 1. The summed E-state index contributed by atoms with van der Waals surface area (Å²) in [6.45, 7) is 3.04. The number of aromatic amines is 2. The molecule has 0 atom stereocenters. The molecule has 4 rings (SSSR count). The number of halogens is 3. The average Bonchev–Trinajstić information content (AvgIpc) is 3.33. The molecule has 3 aromatic heterocycles. The fourth-order valence-corrected chi connectivity index (χ4v) is 3.80. The van der Waals surface area contributed by atoms with E-state index in [-0.39, 0.29) is 16.8 Å². The molecule has 9 nitrogen and oxygen atoms in total. The van der Waals surface area contributed by atoms with Crippen LogP contribution in [0.15, 0.2) is 12.1 Å². The molecule has 12 heteroatoms. The van der Waals surface area contributed by atoms with Crippen LogP contribution in [0.2, 0.25) is 15.2 Å². The molecule has 1 saturated heterocycles. The first-order valence-corrected chi connectivity index (χ1v) is 9.97. The number of rotatable bonds is 4. The average molecular weight is 457 g/mol. The van der Waals surface area contributed by atoms with Gasteiger partial charge < -0.3 is 14.6 Å². The highest BCUT2D eigenvalue weighted by atomic mass is 35.5. The minimum absolute atomic E-state index is 0.179. The molecule has 0 saturated carbocycles. The van der Waals surface area contributed by atoms with Gasteiger partial charge in [-0.3, -0.25) is 0 Å². The molecule has 29 heavy (non-hydrogen) atoms. The zero-order valence-corrected chi connectivity index (χ0v) is 17.5. The number of carbonyl (C=O) groups excluding carboxylic acids is 1. The quantitative estimate of drug-likeness (QED) is 0.455. The lowest BCUT2D eigenvalue weighted by atomic mass is 10.1. The molecule has 2 N–H and O–H groups in total. The molecule has 0 bridgehead atoms. The van der Waals surface area contributed by atoms with Gasteiger partial charge in [-0.05, 0) is 29.5 Å². The van der Waals surface area contributed by atoms with Crippen LogP contribution in [-0.2, 0) is 4.74 Å². The van der Waals surface area contributed by atoms with E-state index in [1.165, 1.54) is 0 Å². The van der Waals surface area contributed by atoms with Crippen molar-refractivity contribution in [1.29, 1.82) is 0 Å². The summed E-state index contributed by atoms with van der Waals surface area (Å²) in [5.74, 6) is 0.712. The van der Waals surface area contributed by atoms with Crippen LogP contribution in [-0.4, -0.2) is 55.8 Å². The molecule has 4 heterocycles. The Kier molecular flexibility index (Phi) is 5.62. The minimum Gasteiger partial charge on any atom is -0.458 e. The number of H-pyrrole nitrogens is 2. The third kappa shape index (κ3) is 4.17. The van der Waals surface area contributed by atoms with E-state index in [9.17, 15) is 4.79 Å². The summed E-state index contributed by atoms with van der Waals surface area (Å²) in [5.41, 5.74) is 1.55.